The quantitative estimate of drug-likeness (QED) is 0.338. The minimum atomic E-state index is -3.10. The number of rotatable bonds is 6. The largest absolute Gasteiger partial charge is 0.466 e. The predicted molar refractivity (Wildman–Crippen MR) is 59.4 cm³/mol. The van der Waals surface area contributed by atoms with Crippen LogP contribution in [0.25, 0.3) is 0 Å². The molecule has 4 N–H and O–H groups in total. The Morgan fingerprint density at radius 3 is 1.41 bits per heavy atom. The summed E-state index contributed by atoms with van der Waals surface area (Å²) in [5.41, 5.74) is 0. The van der Waals surface area contributed by atoms with E-state index in [1.807, 2.05) is 0 Å². The third-order valence-corrected chi connectivity index (χ3v) is 14.4. The summed E-state index contributed by atoms with van der Waals surface area (Å²) >= 11 is 0. The molecule has 17 heavy (non-hydrogen) atoms. The zero-order chi connectivity index (χ0) is 12.4. The van der Waals surface area contributed by atoms with Gasteiger partial charge >= 0.3 is 57.2 Å². The minimum Gasteiger partial charge on any atom is -0.393 e. The highest BCUT2D eigenvalue weighted by molar-refractivity contribution is 6.72. The van der Waals surface area contributed by atoms with Gasteiger partial charge in [-0.25, -0.2) is 0 Å². The number of hydrogen-bond acceptors (Lipinski definition) is 11. The van der Waals surface area contributed by atoms with Crippen LogP contribution in [0, 0.1) is 0 Å². The van der Waals surface area contributed by atoms with E-state index in [1.54, 1.807) is 0 Å². The summed E-state index contributed by atoms with van der Waals surface area (Å²) < 4.78 is 33.2. The Labute approximate surface area is 105 Å². The van der Waals surface area contributed by atoms with Gasteiger partial charge in [-0.2, -0.15) is 0 Å². The average Bonchev–Trinajstić information content (AvgIpc) is 2.12. The van der Waals surface area contributed by atoms with Crippen LogP contribution < -0.4 is 0 Å². The molecule has 2 aliphatic rings. The van der Waals surface area contributed by atoms with Gasteiger partial charge in [0.2, 0.25) is 0 Å². The van der Waals surface area contributed by atoms with E-state index in [-0.39, 0.29) is 0 Å². The van der Waals surface area contributed by atoms with E-state index in [0.29, 0.717) is 0 Å². The van der Waals surface area contributed by atoms with Gasteiger partial charge in [0.1, 0.15) is 0 Å². The zero-order valence-corrected chi connectivity index (χ0v) is 15.0. The van der Waals surface area contributed by atoms with Gasteiger partial charge in [0, 0.05) is 0 Å². The fourth-order valence-corrected chi connectivity index (χ4v) is 11.4. The second-order valence-corrected chi connectivity index (χ2v) is 14.0. The predicted octanol–water partition coefficient (Wildman–Crippen LogP) is -6.60. The molecule has 2 heterocycles. The van der Waals surface area contributed by atoms with Crippen LogP contribution in [-0.2, 0) is 28.8 Å². The molecule has 0 aliphatic carbocycles. The van der Waals surface area contributed by atoms with Gasteiger partial charge < -0.3 is 48.0 Å². The maximum atomic E-state index is 9.29. The molecule has 17 heteroatoms. The molecule has 100 valence electrons. The maximum Gasteiger partial charge on any atom is 0.466 e. The van der Waals surface area contributed by atoms with E-state index in [9.17, 15) is 9.59 Å². The summed E-state index contributed by atoms with van der Waals surface area (Å²) in [5, 5.41) is 0. The Kier molecular flexibility index (Phi) is 5.33. The molecule has 2 saturated heterocycles. The van der Waals surface area contributed by atoms with E-state index in [0.717, 1.165) is 0 Å². The normalized spacial score (nSPS) is 40.2. The molecule has 0 aromatic heterocycles. The first-order chi connectivity index (χ1) is 8.02. The van der Waals surface area contributed by atoms with Crippen LogP contribution in [-0.4, -0.2) is 76.3 Å². The Morgan fingerprint density at radius 1 is 0.765 bits per heavy atom. The summed E-state index contributed by atoms with van der Waals surface area (Å²) in [5.74, 6) is 0. The smallest absolute Gasteiger partial charge is 0.393 e. The second kappa shape index (κ2) is 6.34. The summed E-state index contributed by atoms with van der Waals surface area (Å²) in [6.45, 7) is 0. The Hall–Kier alpha value is 0.861. The van der Waals surface area contributed by atoms with Gasteiger partial charge in [-0.3, -0.25) is 0 Å². The second-order valence-electron chi connectivity index (χ2n) is 2.76. The van der Waals surface area contributed by atoms with Crippen LogP contribution >= 0.6 is 0 Å². The van der Waals surface area contributed by atoms with Gasteiger partial charge in [-0.15, -0.1) is 0 Å². The minimum absolute atomic E-state index is 2.44. The van der Waals surface area contributed by atoms with E-state index in [4.69, 9.17) is 38.4 Å². The van der Waals surface area contributed by atoms with Crippen LogP contribution in [0.3, 0.4) is 0 Å². The third kappa shape index (κ3) is 4.47. The average molecular weight is 355 g/mol. The van der Waals surface area contributed by atoms with Crippen molar-refractivity contribution in [3.8, 4) is 0 Å². The summed E-state index contributed by atoms with van der Waals surface area (Å²) in [7, 11) is -16.1. The lowest BCUT2D eigenvalue weighted by atomic mass is 15.6. The molecular weight excluding hydrogens is 345 g/mol. The lowest BCUT2D eigenvalue weighted by Gasteiger charge is -2.32. The monoisotopic (exact) mass is 354 g/mol. The van der Waals surface area contributed by atoms with Gasteiger partial charge in [-0.05, 0) is 0 Å². The van der Waals surface area contributed by atoms with E-state index in [2.05, 4.69) is 0 Å². The molecule has 2 aliphatic heterocycles. The van der Waals surface area contributed by atoms with Crippen LogP contribution in [0.5, 0.6) is 0 Å². The first-order valence-corrected chi connectivity index (χ1v) is 13.0. The van der Waals surface area contributed by atoms with Crippen molar-refractivity contribution in [2.45, 2.75) is 0 Å². The summed E-state index contributed by atoms with van der Waals surface area (Å²) in [4.78, 5) is 36.0. The van der Waals surface area contributed by atoms with Crippen molar-refractivity contribution < 1.29 is 48.0 Å². The fraction of sp³-hybridized carbons (Fsp3) is 0. The van der Waals surface area contributed by atoms with Crippen molar-refractivity contribution in [3.05, 3.63) is 0 Å². The van der Waals surface area contributed by atoms with Crippen molar-refractivity contribution in [2.24, 2.45) is 0 Å². The SMILES string of the molecule is O[SiH](O[SiH](O)O[SiH]1O[SiH](O)O1)O[SiH]1O[SiH](O)O1. The molecule has 0 aromatic rings. The van der Waals surface area contributed by atoms with Crippen molar-refractivity contribution >= 4 is 57.2 Å². The molecule has 0 radical (unpaired) electrons. The van der Waals surface area contributed by atoms with Crippen LogP contribution in [0.1, 0.15) is 0 Å². The Bertz CT molecular complexity index is 212. The molecule has 0 spiro atoms. The number of hydrogen-bond donors (Lipinski definition) is 4. The van der Waals surface area contributed by atoms with Gasteiger partial charge in [0.15, 0.2) is 0 Å². The molecule has 2 atom stereocenters. The first kappa shape index (κ1) is 14.3. The van der Waals surface area contributed by atoms with Crippen LogP contribution in [0.2, 0.25) is 0 Å². The third-order valence-electron chi connectivity index (χ3n) is 1.60. The van der Waals surface area contributed by atoms with Gasteiger partial charge in [0.25, 0.3) is 0 Å². The molecule has 11 nitrogen and oxygen atoms in total. The zero-order valence-electron chi connectivity index (χ0n) is 8.11. The van der Waals surface area contributed by atoms with Crippen molar-refractivity contribution in [2.75, 3.05) is 0 Å². The molecule has 2 rings (SSSR count). The van der Waals surface area contributed by atoms with E-state index < -0.39 is 57.2 Å². The van der Waals surface area contributed by atoms with Gasteiger partial charge in [-0.1, -0.05) is 0 Å². The maximum absolute atomic E-state index is 9.29. The van der Waals surface area contributed by atoms with E-state index >= 15 is 0 Å². The lowest BCUT2D eigenvalue weighted by molar-refractivity contribution is 0.101. The lowest BCUT2D eigenvalue weighted by Crippen LogP contribution is -2.56. The fourth-order valence-electron chi connectivity index (χ4n) is 0.883. The Balaban J connectivity index is 1.56. The molecular formula is H10O11Si6. The highest BCUT2D eigenvalue weighted by Gasteiger charge is 2.41. The molecule has 0 saturated carbocycles. The molecule has 0 bridgehead atoms. The molecule has 0 amide bonds. The molecule has 2 fully saturated rings. The molecule has 2 unspecified atom stereocenters. The Morgan fingerprint density at radius 2 is 1.12 bits per heavy atom. The highest BCUT2D eigenvalue weighted by Crippen LogP contribution is 2.10. The highest BCUT2D eigenvalue weighted by atomic mass is 28.5. The first-order valence-electron chi connectivity index (χ1n) is 4.33. The van der Waals surface area contributed by atoms with Crippen LogP contribution in [0.4, 0.5) is 0 Å². The van der Waals surface area contributed by atoms with E-state index in [1.165, 1.54) is 0 Å². The summed E-state index contributed by atoms with van der Waals surface area (Å²) in [6, 6.07) is 0. The molecule has 0 aromatic carbocycles. The van der Waals surface area contributed by atoms with Crippen LogP contribution in [0.15, 0.2) is 0 Å². The van der Waals surface area contributed by atoms with Crippen molar-refractivity contribution in [1.82, 2.24) is 0 Å². The topological polar surface area (TPSA) is 146 Å². The van der Waals surface area contributed by atoms with Gasteiger partial charge in [0.05, 0.1) is 0 Å². The summed E-state index contributed by atoms with van der Waals surface area (Å²) in [6.07, 6.45) is 0. The standard InChI is InChI=1S/H10O11Si6/c1-12(6-16-8-14(3)9-16)5-13(2)7-17-10-15(4)11-17/h1-4,12-17H. The van der Waals surface area contributed by atoms with Crippen molar-refractivity contribution in [1.29, 1.82) is 0 Å². The van der Waals surface area contributed by atoms with Crippen molar-refractivity contribution in [3.63, 3.8) is 0 Å².